The van der Waals surface area contributed by atoms with Crippen LogP contribution in [-0.4, -0.2) is 39.9 Å². The van der Waals surface area contributed by atoms with Crippen molar-refractivity contribution in [1.82, 2.24) is 5.32 Å². The van der Waals surface area contributed by atoms with Gasteiger partial charge in [-0.15, -0.1) is 0 Å². The molecule has 0 aliphatic carbocycles. The molecule has 7 heteroatoms. The van der Waals surface area contributed by atoms with Crippen molar-refractivity contribution >= 4 is 23.6 Å². The normalized spacial score (nSPS) is 15.1. The van der Waals surface area contributed by atoms with Crippen molar-refractivity contribution in [3.05, 3.63) is 0 Å². The van der Waals surface area contributed by atoms with Crippen molar-refractivity contribution in [2.75, 3.05) is 0 Å². The molecule has 3 unspecified atom stereocenters. The van der Waals surface area contributed by atoms with Gasteiger partial charge in [0.1, 0.15) is 11.8 Å². The van der Waals surface area contributed by atoms with E-state index >= 15 is 0 Å². The first-order valence-corrected chi connectivity index (χ1v) is 5.90. The summed E-state index contributed by atoms with van der Waals surface area (Å²) in [6.45, 7) is 4.66. The quantitative estimate of drug-likeness (QED) is 0.584. The first kappa shape index (κ1) is 17.1. The molecule has 0 saturated heterocycles. The number of carbonyl (C=O) groups is 4. The number of carbonyl (C=O) groups excluding carboxylic acids is 2. The third-order valence-electron chi connectivity index (χ3n) is 2.84. The van der Waals surface area contributed by atoms with Gasteiger partial charge in [0.15, 0.2) is 0 Å². The van der Waals surface area contributed by atoms with Crippen molar-refractivity contribution in [3.63, 3.8) is 0 Å². The smallest absolute Gasteiger partial charge is 0.326 e. The van der Waals surface area contributed by atoms with Crippen molar-refractivity contribution in [1.29, 1.82) is 0 Å². The van der Waals surface area contributed by atoms with E-state index in [1.165, 1.54) is 6.92 Å². The lowest BCUT2D eigenvalue weighted by molar-refractivity contribution is -0.147. The Balaban J connectivity index is 4.51. The predicted molar refractivity (Wildman–Crippen MR) is 65.4 cm³/mol. The molecule has 108 valence electrons. The molecule has 1 amide bonds. The lowest BCUT2D eigenvalue weighted by atomic mass is 9.93. The van der Waals surface area contributed by atoms with Gasteiger partial charge < -0.3 is 15.5 Å². The van der Waals surface area contributed by atoms with Gasteiger partial charge in [-0.25, -0.2) is 4.79 Å². The number of rotatable bonds is 8. The van der Waals surface area contributed by atoms with Crippen molar-refractivity contribution in [2.45, 2.75) is 39.7 Å². The maximum Gasteiger partial charge on any atom is 0.326 e. The average molecular weight is 273 g/mol. The van der Waals surface area contributed by atoms with Gasteiger partial charge in [-0.05, 0) is 13.3 Å². The molecule has 0 radical (unpaired) electrons. The minimum absolute atomic E-state index is 0.0556. The molecule has 0 saturated carbocycles. The second kappa shape index (κ2) is 7.50. The second-order valence-electron chi connectivity index (χ2n) is 4.65. The summed E-state index contributed by atoms with van der Waals surface area (Å²) in [6.07, 6.45) is -0.392. The summed E-state index contributed by atoms with van der Waals surface area (Å²) in [5.74, 6) is -4.19. The maximum absolute atomic E-state index is 11.7. The Morgan fingerprint density at radius 1 is 1.05 bits per heavy atom. The van der Waals surface area contributed by atoms with Gasteiger partial charge >= 0.3 is 11.9 Å². The van der Waals surface area contributed by atoms with E-state index in [0.717, 1.165) is 0 Å². The van der Waals surface area contributed by atoms with Crippen LogP contribution >= 0.6 is 0 Å². The summed E-state index contributed by atoms with van der Waals surface area (Å²) in [4.78, 5) is 44.1. The summed E-state index contributed by atoms with van der Waals surface area (Å²) in [6, 6.07) is -1.46. The number of carboxylic acids is 2. The minimum atomic E-state index is -1.46. The van der Waals surface area contributed by atoms with Crippen LogP contribution in [0.3, 0.4) is 0 Å². The van der Waals surface area contributed by atoms with Gasteiger partial charge in [0.2, 0.25) is 5.91 Å². The van der Waals surface area contributed by atoms with Gasteiger partial charge in [-0.2, -0.15) is 0 Å². The highest BCUT2D eigenvalue weighted by molar-refractivity contribution is 5.88. The van der Waals surface area contributed by atoms with E-state index < -0.39 is 36.2 Å². The van der Waals surface area contributed by atoms with Gasteiger partial charge in [0.05, 0.1) is 6.42 Å². The Kier molecular flexibility index (Phi) is 6.74. The first-order chi connectivity index (χ1) is 8.65. The monoisotopic (exact) mass is 273 g/mol. The van der Waals surface area contributed by atoms with Crippen LogP contribution < -0.4 is 5.32 Å². The van der Waals surface area contributed by atoms with Crippen molar-refractivity contribution in [2.24, 2.45) is 11.8 Å². The van der Waals surface area contributed by atoms with Crippen LogP contribution in [0.5, 0.6) is 0 Å². The molecule has 0 spiro atoms. The number of hydrogen-bond donors (Lipinski definition) is 3. The number of hydrogen-bond acceptors (Lipinski definition) is 4. The molecule has 19 heavy (non-hydrogen) atoms. The molecule has 0 bridgehead atoms. The van der Waals surface area contributed by atoms with Gasteiger partial charge in [-0.3, -0.25) is 14.4 Å². The summed E-state index contributed by atoms with van der Waals surface area (Å²) >= 11 is 0. The van der Waals surface area contributed by atoms with E-state index in [0.29, 0.717) is 6.42 Å². The SMILES string of the molecule is CC(=O)C(C)CC(C)C(=O)NC(CC(=O)O)C(=O)O. The third kappa shape index (κ3) is 6.54. The number of amides is 1. The Labute approximate surface area is 111 Å². The summed E-state index contributed by atoms with van der Waals surface area (Å²) in [5.41, 5.74) is 0. The average Bonchev–Trinajstić information content (AvgIpc) is 2.26. The highest BCUT2D eigenvalue weighted by Gasteiger charge is 2.26. The molecule has 0 rings (SSSR count). The zero-order valence-corrected chi connectivity index (χ0v) is 11.2. The first-order valence-electron chi connectivity index (χ1n) is 5.90. The van der Waals surface area contributed by atoms with E-state index in [-0.39, 0.29) is 11.7 Å². The second-order valence-corrected chi connectivity index (χ2v) is 4.65. The van der Waals surface area contributed by atoms with Crippen LogP contribution in [0.25, 0.3) is 0 Å². The highest BCUT2D eigenvalue weighted by atomic mass is 16.4. The molecule has 0 aliphatic heterocycles. The minimum Gasteiger partial charge on any atom is -0.481 e. The topological polar surface area (TPSA) is 121 Å². The van der Waals surface area contributed by atoms with Crippen molar-refractivity contribution in [3.8, 4) is 0 Å². The fourth-order valence-corrected chi connectivity index (χ4v) is 1.49. The number of nitrogens with one attached hydrogen (secondary N) is 1. The van der Waals surface area contributed by atoms with E-state index in [1.807, 2.05) is 0 Å². The largest absolute Gasteiger partial charge is 0.481 e. The van der Waals surface area contributed by atoms with Crippen LogP contribution in [0, 0.1) is 11.8 Å². The summed E-state index contributed by atoms with van der Waals surface area (Å²) in [5, 5.41) is 19.5. The Bertz CT molecular complexity index is 378. The van der Waals surface area contributed by atoms with Crippen molar-refractivity contribution < 1.29 is 29.4 Å². The van der Waals surface area contributed by atoms with Crippen LogP contribution in [-0.2, 0) is 19.2 Å². The lowest BCUT2D eigenvalue weighted by Crippen LogP contribution is -2.44. The zero-order chi connectivity index (χ0) is 15.2. The summed E-state index contributed by atoms with van der Waals surface area (Å²) < 4.78 is 0. The number of aliphatic carboxylic acids is 2. The Morgan fingerprint density at radius 2 is 1.58 bits per heavy atom. The van der Waals surface area contributed by atoms with Gasteiger partial charge in [0.25, 0.3) is 0 Å². The molecule has 7 nitrogen and oxygen atoms in total. The Hall–Kier alpha value is -1.92. The zero-order valence-electron chi connectivity index (χ0n) is 11.2. The lowest BCUT2D eigenvalue weighted by Gasteiger charge is -2.18. The standard InChI is InChI=1S/C12H19NO6/c1-6(8(3)14)4-7(2)11(17)13-9(12(18)19)5-10(15)16/h6-7,9H,4-5H2,1-3H3,(H,13,17)(H,15,16)(H,18,19). The van der Waals surface area contributed by atoms with Gasteiger partial charge in [-0.1, -0.05) is 13.8 Å². The summed E-state index contributed by atoms with van der Waals surface area (Å²) in [7, 11) is 0. The molecule has 0 aromatic heterocycles. The van der Waals surface area contributed by atoms with E-state index in [9.17, 15) is 19.2 Å². The maximum atomic E-state index is 11.7. The molecule has 0 aromatic carbocycles. The number of ketones is 1. The molecule has 0 fully saturated rings. The number of Topliss-reactive ketones (excluding diaryl/α,β-unsaturated/α-hetero) is 1. The fraction of sp³-hybridized carbons (Fsp3) is 0.667. The molecule has 0 aromatic rings. The van der Waals surface area contributed by atoms with E-state index in [2.05, 4.69) is 5.32 Å². The Morgan fingerprint density at radius 3 is 1.95 bits per heavy atom. The molecule has 0 aliphatic rings. The van der Waals surface area contributed by atoms with Crippen LogP contribution in [0.15, 0.2) is 0 Å². The molecular weight excluding hydrogens is 254 g/mol. The molecule has 3 N–H and O–H groups in total. The predicted octanol–water partition coefficient (Wildman–Crippen LogP) is 0.282. The van der Waals surface area contributed by atoms with E-state index in [4.69, 9.17) is 10.2 Å². The van der Waals surface area contributed by atoms with Gasteiger partial charge in [0, 0.05) is 11.8 Å². The van der Waals surface area contributed by atoms with E-state index in [1.54, 1.807) is 13.8 Å². The highest BCUT2D eigenvalue weighted by Crippen LogP contribution is 2.13. The molecule has 0 heterocycles. The van der Waals surface area contributed by atoms with Crippen LogP contribution in [0.4, 0.5) is 0 Å². The van der Waals surface area contributed by atoms with Crippen LogP contribution in [0.2, 0.25) is 0 Å². The molecular formula is C12H19NO6. The third-order valence-corrected chi connectivity index (χ3v) is 2.84. The molecule has 3 atom stereocenters. The fourth-order valence-electron chi connectivity index (χ4n) is 1.49. The number of carboxylic acid groups (broad SMARTS) is 2. The van der Waals surface area contributed by atoms with Crippen LogP contribution in [0.1, 0.15) is 33.6 Å².